The van der Waals surface area contributed by atoms with Crippen molar-refractivity contribution in [1.29, 1.82) is 0 Å². The molecule has 3 rings (SSSR count). The molecule has 2 aromatic heterocycles. The van der Waals surface area contributed by atoms with Crippen molar-refractivity contribution in [2.75, 3.05) is 0 Å². The zero-order valence-electron chi connectivity index (χ0n) is 11.2. The van der Waals surface area contributed by atoms with Gasteiger partial charge in [0.1, 0.15) is 5.69 Å². The number of rotatable bonds is 2. The maximum Gasteiger partial charge on any atom is 0.295 e. The van der Waals surface area contributed by atoms with Gasteiger partial charge < -0.3 is 0 Å². The van der Waals surface area contributed by atoms with E-state index < -0.39 is 16.0 Å². The molecular weight excluding hydrogens is 308 g/mol. The molecule has 0 aliphatic carbocycles. The molecule has 0 saturated heterocycles. The second-order valence-electron chi connectivity index (χ2n) is 4.46. The molecule has 0 aliphatic heterocycles. The molecule has 3 aromatic rings. The van der Waals surface area contributed by atoms with Crippen LogP contribution in [-0.4, -0.2) is 19.5 Å². The molecule has 0 fully saturated rings. The lowest BCUT2D eigenvalue weighted by molar-refractivity contribution is -0.384. The van der Waals surface area contributed by atoms with Gasteiger partial charge in [0.15, 0.2) is 0 Å². The molecule has 22 heavy (non-hydrogen) atoms. The molecule has 2 heterocycles. The van der Waals surface area contributed by atoms with Crippen molar-refractivity contribution in [3.05, 3.63) is 70.9 Å². The Morgan fingerprint density at radius 2 is 2.14 bits per heavy atom. The van der Waals surface area contributed by atoms with Gasteiger partial charge in [0, 0.05) is 12.1 Å². The summed E-state index contributed by atoms with van der Waals surface area (Å²) in [7, 11) is 0. The van der Waals surface area contributed by atoms with Crippen molar-refractivity contribution < 1.29 is 4.92 Å². The number of nitrogens with zero attached hydrogens (tertiary/aromatic N) is 4. The Bertz CT molecular complexity index is 1070. The van der Waals surface area contributed by atoms with Crippen LogP contribution in [0.3, 0.4) is 0 Å². The van der Waals surface area contributed by atoms with Crippen molar-refractivity contribution in [2.45, 2.75) is 6.92 Å². The van der Waals surface area contributed by atoms with Gasteiger partial charge in [-0.15, -0.1) is 0 Å². The number of nitro benzene ring substituents is 1. The molecule has 8 nitrogen and oxygen atoms in total. The first-order valence-corrected chi connectivity index (χ1v) is 6.94. The highest BCUT2D eigenvalue weighted by Gasteiger charge is 2.09. The third-order valence-electron chi connectivity index (χ3n) is 2.92. The molecule has 0 amide bonds. The smallest absolute Gasteiger partial charge is 0.266 e. The van der Waals surface area contributed by atoms with E-state index >= 15 is 0 Å². The van der Waals surface area contributed by atoms with Crippen LogP contribution in [0.5, 0.6) is 0 Å². The van der Waals surface area contributed by atoms with Crippen LogP contribution in [0.25, 0.3) is 11.0 Å². The van der Waals surface area contributed by atoms with Crippen LogP contribution >= 0.6 is 11.3 Å². The molecule has 0 radical (unpaired) electrons. The number of non-ortho nitro benzene ring substituents is 1. The Balaban J connectivity index is 2.24. The Morgan fingerprint density at radius 3 is 2.86 bits per heavy atom. The summed E-state index contributed by atoms with van der Waals surface area (Å²) in [6, 6.07) is 5.91. The summed E-state index contributed by atoms with van der Waals surface area (Å²) in [5.41, 5.74) is -0.319. The van der Waals surface area contributed by atoms with Gasteiger partial charge in [0.2, 0.25) is 4.96 Å². The number of aromatic nitrogens is 3. The quantitative estimate of drug-likeness (QED) is 0.496. The number of benzene rings is 1. The Morgan fingerprint density at radius 1 is 1.36 bits per heavy atom. The monoisotopic (exact) mass is 316 g/mol. The molecule has 1 aromatic carbocycles. The molecule has 0 unspecified atom stereocenters. The fourth-order valence-corrected chi connectivity index (χ4v) is 2.77. The van der Waals surface area contributed by atoms with Gasteiger partial charge in [0.25, 0.3) is 16.8 Å². The minimum absolute atomic E-state index is 0.0658. The van der Waals surface area contributed by atoms with E-state index in [2.05, 4.69) is 10.1 Å². The van der Waals surface area contributed by atoms with Gasteiger partial charge >= 0.3 is 0 Å². The van der Waals surface area contributed by atoms with Crippen LogP contribution in [0.4, 0.5) is 5.69 Å². The number of thiazole rings is 1. The molecule has 9 heteroatoms. The van der Waals surface area contributed by atoms with Crippen LogP contribution in [-0.2, 0) is 0 Å². The van der Waals surface area contributed by atoms with Crippen LogP contribution in [0, 0.1) is 17.0 Å². The average Bonchev–Trinajstić information content (AvgIpc) is 2.76. The molecule has 0 aliphatic rings. The highest BCUT2D eigenvalue weighted by atomic mass is 32.1. The van der Waals surface area contributed by atoms with Crippen LogP contribution in [0.15, 0.2) is 33.9 Å². The van der Waals surface area contributed by atoms with Crippen molar-refractivity contribution in [2.24, 2.45) is 0 Å². The minimum Gasteiger partial charge on any atom is -0.266 e. The van der Waals surface area contributed by atoms with Gasteiger partial charge in [-0.05, 0) is 18.6 Å². The third-order valence-corrected chi connectivity index (χ3v) is 3.88. The zero-order valence-corrected chi connectivity index (χ0v) is 12.0. The summed E-state index contributed by atoms with van der Waals surface area (Å²) in [5, 5.41) is 14.7. The number of aryl methyl sites for hydroxylation is 1. The van der Waals surface area contributed by atoms with Crippen molar-refractivity contribution in [3.8, 4) is 0 Å². The van der Waals surface area contributed by atoms with Crippen LogP contribution < -0.4 is 15.7 Å². The average molecular weight is 316 g/mol. The molecule has 0 saturated carbocycles. The van der Waals surface area contributed by atoms with E-state index in [1.165, 1.54) is 31.2 Å². The number of hydrogen-bond donors (Lipinski definition) is 0. The summed E-state index contributed by atoms with van der Waals surface area (Å²) in [4.78, 5) is 37.9. The molecule has 0 atom stereocenters. The summed E-state index contributed by atoms with van der Waals surface area (Å²) < 4.78 is 1.36. The molecular formula is C13H8N4O4S. The summed E-state index contributed by atoms with van der Waals surface area (Å²) >= 11 is 1.01. The molecule has 0 spiro atoms. The summed E-state index contributed by atoms with van der Waals surface area (Å²) in [5.74, 6) is 0. The summed E-state index contributed by atoms with van der Waals surface area (Å²) in [6.45, 7) is 1.48. The van der Waals surface area contributed by atoms with Crippen molar-refractivity contribution >= 4 is 28.1 Å². The van der Waals surface area contributed by atoms with Gasteiger partial charge in [0.05, 0.1) is 9.46 Å². The maximum absolute atomic E-state index is 12.2. The standard InChI is InChI=1S/C13H8N4O4S/c1-7-11(18)14-13-16(15-7)12(19)10(22-13)6-8-3-2-4-9(5-8)17(20)21/h2-6H,1H3/b10-6-. The zero-order chi connectivity index (χ0) is 15.9. The first kappa shape index (κ1) is 14.0. The van der Waals surface area contributed by atoms with E-state index in [1.807, 2.05) is 0 Å². The second-order valence-corrected chi connectivity index (χ2v) is 5.47. The SMILES string of the molecule is Cc1nn2c(=O)/c(=C/c3cccc([N+](=O)[O-])c3)sc2nc1=O. The highest BCUT2D eigenvalue weighted by Crippen LogP contribution is 2.13. The number of hydrogen-bond acceptors (Lipinski definition) is 7. The minimum atomic E-state index is -0.509. The van der Waals surface area contributed by atoms with E-state index in [0.29, 0.717) is 10.1 Å². The van der Waals surface area contributed by atoms with Crippen molar-refractivity contribution in [3.63, 3.8) is 0 Å². The Hall–Kier alpha value is -2.94. The first-order chi connectivity index (χ1) is 10.5. The predicted octanol–water partition coefficient (Wildman–Crippen LogP) is 0.276. The van der Waals surface area contributed by atoms with Gasteiger partial charge in [-0.25, -0.2) is 0 Å². The van der Waals surface area contributed by atoms with E-state index in [0.717, 1.165) is 15.9 Å². The van der Waals surface area contributed by atoms with E-state index in [4.69, 9.17) is 0 Å². The fraction of sp³-hybridized carbons (Fsp3) is 0.0769. The van der Waals surface area contributed by atoms with Crippen LogP contribution in [0.1, 0.15) is 11.3 Å². The van der Waals surface area contributed by atoms with E-state index in [1.54, 1.807) is 6.07 Å². The lowest BCUT2D eigenvalue weighted by atomic mass is 10.2. The second kappa shape index (κ2) is 5.11. The van der Waals surface area contributed by atoms with Crippen molar-refractivity contribution in [1.82, 2.24) is 14.6 Å². The number of nitro groups is 1. The Labute approximate surface area is 126 Å². The maximum atomic E-state index is 12.2. The lowest BCUT2D eigenvalue weighted by Gasteiger charge is -1.92. The lowest BCUT2D eigenvalue weighted by Crippen LogP contribution is -2.27. The molecule has 0 N–H and O–H groups in total. The van der Waals surface area contributed by atoms with Gasteiger partial charge in [-0.2, -0.15) is 14.6 Å². The van der Waals surface area contributed by atoms with E-state index in [-0.39, 0.29) is 16.3 Å². The topological polar surface area (TPSA) is 107 Å². The summed E-state index contributed by atoms with van der Waals surface area (Å²) in [6.07, 6.45) is 1.51. The van der Waals surface area contributed by atoms with Crippen LogP contribution in [0.2, 0.25) is 0 Å². The normalized spacial score (nSPS) is 12.0. The number of fused-ring (bicyclic) bond motifs is 1. The van der Waals surface area contributed by atoms with Gasteiger partial charge in [-0.1, -0.05) is 23.5 Å². The highest BCUT2D eigenvalue weighted by molar-refractivity contribution is 7.15. The molecule has 110 valence electrons. The predicted molar refractivity (Wildman–Crippen MR) is 80.0 cm³/mol. The first-order valence-electron chi connectivity index (χ1n) is 6.12. The largest absolute Gasteiger partial charge is 0.295 e. The molecule has 0 bridgehead atoms. The Kier molecular flexibility index (Phi) is 3.26. The fourth-order valence-electron chi connectivity index (χ4n) is 1.87. The third kappa shape index (κ3) is 2.37. The van der Waals surface area contributed by atoms with Gasteiger partial charge in [-0.3, -0.25) is 19.7 Å². The van der Waals surface area contributed by atoms with E-state index in [9.17, 15) is 19.7 Å².